The Bertz CT molecular complexity index is 1180. The highest BCUT2D eigenvalue weighted by Crippen LogP contribution is 2.38. The monoisotopic (exact) mass is 562 g/mol. The van der Waals surface area contributed by atoms with Crippen LogP contribution in [0.3, 0.4) is 0 Å². The molecule has 0 spiro atoms. The Morgan fingerprint density at radius 2 is 1.87 bits per heavy atom. The van der Waals surface area contributed by atoms with E-state index in [1.165, 1.54) is 0 Å². The summed E-state index contributed by atoms with van der Waals surface area (Å²) in [6, 6.07) is 7.76. The number of carbonyl (C=O) groups is 1. The molecule has 208 valence electrons. The standard InChI is InChI=1S/C27H40ClN6O3P/c1-27(2,3)37-26(35)34-14-10-19(11-15-34)17-33-13-12-20(18-33)30-25-29-16-21(28)24(32-25)31-22-8-6-7-9-23(22)38(4,5)36/h6-9,16,19-20H,10-15,17-18H2,1-5H3,(H2,29,30,31,32)/t20-/m1/s1. The first kappa shape index (κ1) is 28.7. The SMILES string of the molecule is CC(C)(C)OC(=O)N1CCC(CN2CC[C@@H](Nc3ncc(Cl)c(Nc4ccccc4P(C)(C)=O)n3)C2)CC1. The smallest absolute Gasteiger partial charge is 0.410 e. The van der Waals surface area contributed by atoms with E-state index in [-0.39, 0.29) is 12.1 Å². The van der Waals surface area contributed by atoms with Gasteiger partial charge in [0.25, 0.3) is 0 Å². The van der Waals surface area contributed by atoms with Crippen molar-refractivity contribution in [2.75, 3.05) is 56.7 Å². The van der Waals surface area contributed by atoms with Crippen molar-refractivity contribution in [3.8, 4) is 0 Å². The molecule has 3 heterocycles. The Morgan fingerprint density at radius 3 is 2.55 bits per heavy atom. The van der Waals surface area contributed by atoms with Crippen LogP contribution >= 0.6 is 18.7 Å². The van der Waals surface area contributed by atoms with Crippen LogP contribution in [0, 0.1) is 5.92 Å². The number of nitrogens with zero attached hydrogens (tertiary/aromatic N) is 4. The number of rotatable bonds is 7. The molecule has 0 bridgehead atoms. The summed E-state index contributed by atoms with van der Waals surface area (Å²) in [6.45, 7) is 13.6. The van der Waals surface area contributed by atoms with E-state index in [2.05, 4.69) is 25.5 Å². The summed E-state index contributed by atoms with van der Waals surface area (Å²) in [6.07, 6.45) is 4.37. The number of nitrogens with one attached hydrogen (secondary N) is 2. The van der Waals surface area contributed by atoms with E-state index in [1.54, 1.807) is 19.5 Å². The number of likely N-dealkylation sites (tertiary alicyclic amines) is 2. The number of hydrogen-bond donors (Lipinski definition) is 2. The van der Waals surface area contributed by atoms with Crippen LogP contribution in [0.15, 0.2) is 30.5 Å². The van der Waals surface area contributed by atoms with Crippen LogP contribution in [0.2, 0.25) is 5.02 Å². The van der Waals surface area contributed by atoms with Gasteiger partial charge in [0.15, 0.2) is 5.82 Å². The van der Waals surface area contributed by atoms with E-state index >= 15 is 0 Å². The van der Waals surface area contributed by atoms with Crippen molar-refractivity contribution < 1.29 is 14.1 Å². The molecule has 2 aromatic rings. The van der Waals surface area contributed by atoms with Gasteiger partial charge in [0.2, 0.25) is 5.95 Å². The minimum Gasteiger partial charge on any atom is -0.444 e. The third-order valence-electron chi connectivity index (χ3n) is 6.87. The molecule has 0 radical (unpaired) electrons. The molecular weight excluding hydrogens is 523 g/mol. The fourth-order valence-corrected chi connectivity index (χ4v) is 6.28. The molecule has 38 heavy (non-hydrogen) atoms. The lowest BCUT2D eigenvalue weighted by Crippen LogP contribution is -2.43. The summed E-state index contributed by atoms with van der Waals surface area (Å²) in [7, 11) is -2.48. The highest BCUT2D eigenvalue weighted by molar-refractivity contribution is 7.70. The second-order valence-corrected chi connectivity index (χ2v) is 15.3. The lowest BCUT2D eigenvalue weighted by molar-refractivity contribution is 0.0172. The van der Waals surface area contributed by atoms with Gasteiger partial charge in [-0.1, -0.05) is 23.7 Å². The maximum absolute atomic E-state index is 12.7. The molecule has 2 aliphatic rings. The Morgan fingerprint density at radius 1 is 1.16 bits per heavy atom. The number of ether oxygens (including phenoxy) is 1. The topological polar surface area (TPSA) is 99.7 Å². The molecule has 11 heteroatoms. The van der Waals surface area contributed by atoms with Crippen molar-refractivity contribution in [2.24, 2.45) is 5.92 Å². The van der Waals surface area contributed by atoms with Gasteiger partial charge in [-0.25, -0.2) is 9.78 Å². The van der Waals surface area contributed by atoms with Gasteiger partial charge in [-0.3, -0.25) is 0 Å². The summed E-state index contributed by atoms with van der Waals surface area (Å²) in [5.41, 5.74) is 0.271. The molecule has 2 saturated heterocycles. The summed E-state index contributed by atoms with van der Waals surface area (Å²) < 4.78 is 18.3. The maximum Gasteiger partial charge on any atom is 0.410 e. The van der Waals surface area contributed by atoms with Gasteiger partial charge < -0.3 is 29.7 Å². The molecule has 1 aromatic carbocycles. The van der Waals surface area contributed by atoms with Crippen LogP contribution < -0.4 is 15.9 Å². The second-order valence-electron chi connectivity index (χ2n) is 11.7. The van der Waals surface area contributed by atoms with Gasteiger partial charge in [-0.15, -0.1) is 0 Å². The third-order valence-corrected chi connectivity index (χ3v) is 8.70. The van der Waals surface area contributed by atoms with Crippen LogP contribution in [0.25, 0.3) is 0 Å². The zero-order chi connectivity index (χ0) is 27.5. The zero-order valence-corrected chi connectivity index (χ0v) is 24.7. The molecule has 9 nitrogen and oxygen atoms in total. The number of para-hydroxylation sites is 1. The molecule has 1 atom stereocenters. The normalized spacial score (nSPS) is 19.4. The minimum absolute atomic E-state index is 0.208. The first-order chi connectivity index (χ1) is 17.9. The first-order valence-electron chi connectivity index (χ1n) is 13.3. The third kappa shape index (κ3) is 7.84. The van der Waals surface area contributed by atoms with E-state index in [9.17, 15) is 9.36 Å². The zero-order valence-electron chi connectivity index (χ0n) is 23.0. The van der Waals surface area contributed by atoms with E-state index in [1.807, 2.05) is 49.9 Å². The van der Waals surface area contributed by atoms with Gasteiger partial charge in [0.1, 0.15) is 17.8 Å². The van der Waals surface area contributed by atoms with E-state index in [0.29, 0.717) is 22.7 Å². The summed E-state index contributed by atoms with van der Waals surface area (Å²) in [5, 5.41) is 7.88. The number of piperidine rings is 1. The number of halogens is 1. The lowest BCUT2D eigenvalue weighted by Gasteiger charge is -2.34. The fourth-order valence-electron chi connectivity index (χ4n) is 4.99. The molecule has 1 amide bonds. The molecular formula is C27H40ClN6O3P. The Kier molecular flexibility index (Phi) is 8.90. The Labute approximate surface area is 231 Å². The van der Waals surface area contributed by atoms with Crippen molar-refractivity contribution in [1.82, 2.24) is 19.8 Å². The lowest BCUT2D eigenvalue weighted by atomic mass is 9.96. The predicted molar refractivity (Wildman–Crippen MR) is 155 cm³/mol. The highest BCUT2D eigenvalue weighted by atomic mass is 35.5. The van der Waals surface area contributed by atoms with Crippen molar-refractivity contribution in [3.05, 3.63) is 35.5 Å². The van der Waals surface area contributed by atoms with Gasteiger partial charge in [0.05, 0.1) is 11.9 Å². The summed E-state index contributed by atoms with van der Waals surface area (Å²) >= 11 is 6.40. The number of amides is 1. The van der Waals surface area contributed by atoms with Crippen molar-refractivity contribution >= 4 is 47.6 Å². The minimum atomic E-state index is -2.48. The molecule has 0 saturated carbocycles. The second kappa shape index (κ2) is 11.8. The predicted octanol–water partition coefficient (Wildman–Crippen LogP) is 5.25. The summed E-state index contributed by atoms with van der Waals surface area (Å²) in [4.78, 5) is 25.7. The number of hydrogen-bond acceptors (Lipinski definition) is 8. The molecule has 2 N–H and O–H groups in total. The quantitative estimate of drug-likeness (QED) is 0.441. The van der Waals surface area contributed by atoms with Crippen LogP contribution in [-0.4, -0.2) is 83.6 Å². The van der Waals surface area contributed by atoms with Gasteiger partial charge >= 0.3 is 6.09 Å². The summed E-state index contributed by atoms with van der Waals surface area (Å²) in [5.74, 6) is 1.57. The molecule has 0 aliphatic carbocycles. The van der Waals surface area contributed by atoms with Crippen molar-refractivity contribution in [2.45, 2.75) is 51.7 Å². The number of aromatic nitrogens is 2. The number of carbonyl (C=O) groups excluding carboxylic acids is 1. The van der Waals surface area contributed by atoms with Crippen molar-refractivity contribution in [3.63, 3.8) is 0 Å². The van der Waals surface area contributed by atoms with Gasteiger partial charge in [-0.05, 0) is 71.4 Å². The largest absolute Gasteiger partial charge is 0.444 e. The van der Waals surface area contributed by atoms with Crippen molar-refractivity contribution in [1.29, 1.82) is 0 Å². The highest BCUT2D eigenvalue weighted by Gasteiger charge is 2.30. The molecule has 2 aliphatic heterocycles. The van der Waals surface area contributed by atoms with Crippen LogP contribution in [0.4, 0.5) is 22.2 Å². The average molecular weight is 563 g/mol. The van der Waals surface area contributed by atoms with E-state index < -0.39 is 12.7 Å². The number of benzene rings is 1. The van der Waals surface area contributed by atoms with Crippen LogP contribution in [-0.2, 0) is 9.30 Å². The molecule has 0 unspecified atom stereocenters. The number of anilines is 3. The van der Waals surface area contributed by atoms with Gasteiger partial charge in [0, 0.05) is 44.1 Å². The molecule has 2 fully saturated rings. The van der Waals surface area contributed by atoms with Gasteiger partial charge in [-0.2, -0.15) is 4.98 Å². The maximum atomic E-state index is 12.7. The molecule has 4 rings (SSSR count). The van der Waals surface area contributed by atoms with E-state index in [4.69, 9.17) is 16.3 Å². The fraction of sp³-hybridized carbons (Fsp3) is 0.593. The van der Waals surface area contributed by atoms with Crippen LogP contribution in [0.5, 0.6) is 0 Å². The Balaban J connectivity index is 1.29. The Hall–Kier alpha value is -2.35. The van der Waals surface area contributed by atoms with E-state index in [0.717, 1.165) is 63.0 Å². The van der Waals surface area contributed by atoms with Crippen LogP contribution in [0.1, 0.15) is 40.0 Å². The first-order valence-corrected chi connectivity index (χ1v) is 16.3. The average Bonchev–Trinajstić information content (AvgIpc) is 3.27. The molecule has 1 aromatic heterocycles.